The second-order valence-corrected chi connectivity index (χ2v) is 7.06. The topological polar surface area (TPSA) is 37.4 Å². The molecule has 18 heavy (non-hydrogen) atoms. The molecule has 3 nitrogen and oxygen atoms in total. The Hall–Kier alpha value is -0.560. The summed E-state index contributed by atoms with van der Waals surface area (Å²) in [5, 5.41) is 0.211. The molecule has 0 radical (unpaired) electrons. The number of rotatable bonds is 3. The van der Waals surface area contributed by atoms with Crippen molar-refractivity contribution in [1.29, 1.82) is 0 Å². The number of hydrogen-bond acceptors (Lipinski definition) is 3. The lowest BCUT2D eigenvalue weighted by atomic mass is 10.2. The van der Waals surface area contributed by atoms with Gasteiger partial charge >= 0.3 is 0 Å². The van der Waals surface area contributed by atoms with E-state index in [0.717, 1.165) is 5.56 Å². The molecule has 1 saturated heterocycles. The second-order valence-electron chi connectivity index (χ2n) is 4.34. The van der Waals surface area contributed by atoms with Crippen molar-refractivity contribution in [2.75, 3.05) is 6.54 Å². The van der Waals surface area contributed by atoms with Gasteiger partial charge in [0.15, 0.2) is 5.12 Å². The van der Waals surface area contributed by atoms with Gasteiger partial charge in [-0.2, -0.15) is 0 Å². The molecule has 96 valence electrons. The first-order chi connectivity index (χ1) is 8.54. The third-order valence-corrected chi connectivity index (χ3v) is 4.50. The van der Waals surface area contributed by atoms with Crippen LogP contribution in [0.1, 0.15) is 18.9 Å². The Bertz CT molecular complexity index is 461. The van der Waals surface area contributed by atoms with Crippen LogP contribution < -0.4 is 0 Å². The van der Waals surface area contributed by atoms with Gasteiger partial charge in [-0.3, -0.25) is 9.59 Å². The number of benzene rings is 1. The number of thioether (sulfide) groups is 1. The summed E-state index contributed by atoms with van der Waals surface area (Å²) in [5.74, 6) is 0.146. The van der Waals surface area contributed by atoms with Gasteiger partial charge in [0.1, 0.15) is 0 Å². The highest BCUT2D eigenvalue weighted by Crippen LogP contribution is 2.25. The van der Waals surface area contributed by atoms with Crippen molar-refractivity contribution in [2.24, 2.45) is 0 Å². The maximum atomic E-state index is 11.8. The molecule has 0 aliphatic carbocycles. The molecule has 1 atom stereocenters. The van der Waals surface area contributed by atoms with Crippen LogP contribution in [-0.2, 0) is 16.1 Å². The van der Waals surface area contributed by atoms with Gasteiger partial charge in [0.05, 0.1) is 0 Å². The van der Waals surface area contributed by atoms with Gasteiger partial charge in [-0.1, -0.05) is 23.9 Å². The van der Waals surface area contributed by atoms with E-state index in [-0.39, 0.29) is 16.3 Å². The fourth-order valence-electron chi connectivity index (χ4n) is 2.01. The molecule has 5 heteroatoms. The fraction of sp³-hybridized carbons (Fsp3) is 0.385. The maximum Gasteiger partial charge on any atom is 0.224 e. The van der Waals surface area contributed by atoms with Gasteiger partial charge in [0, 0.05) is 35.3 Å². The molecule has 2 rings (SSSR count). The van der Waals surface area contributed by atoms with Gasteiger partial charge in [-0.15, -0.1) is 0 Å². The lowest BCUT2D eigenvalue weighted by Gasteiger charge is -2.16. The van der Waals surface area contributed by atoms with Crippen LogP contribution >= 0.6 is 34.4 Å². The molecule has 0 aromatic heterocycles. The molecule has 1 aromatic carbocycles. The SMILES string of the molecule is CC(=O)SC1CC(=O)N(Cc2ccc(I)cc2)C1. The molecule has 1 unspecified atom stereocenters. The molecular weight excluding hydrogens is 361 g/mol. The quantitative estimate of drug-likeness (QED) is 0.763. The van der Waals surface area contributed by atoms with E-state index < -0.39 is 0 Å². The Balaban J connectivity index is 1.96. The van der Waals surface area contributed by atoms with Crippen molar-refractivity contribution in [2.45, 2.75) is 25.1 Å². The smallest absolute Gasteiger partial charge is 0.224 e. The van der Waals surface area contributed by atoms with Gasteiger partial charge < -0.3 is 4.90 Å². The standard InChI is InChI=1S/C13H14INO2S/c1-9(16)18-12-6-13(17)15(8-12)7-10-2-4-11(14)5-3-10/h2-5,12H,6-8H2,1H3. The summed E-state index contributed by atoms with van der Waals surface area (Å²) in [7, 11) is 0. The molecular formula is C13H14INO2S. The molecule has 0 spiro atoms. The molecule has 0 saturated carbocycles. The number of nitrogens with zero attached hydrogens (tertiary/aromatic N) is 1. The monoisotopic (exact) mass is 375 g/mol. The average Bonchev–Trinajstić information content (AvgIpc) is 2.61. The zero-order chi connectivity index (χ0) is 13.1. The predicted molar refractivity (Wildman–Crippen MR) is 81.3 cm³/mol. The summed E-state index contributed by atoms with van der Waals surface area (Å²) in [6.07, 6.45) is 0.481. The third-order valence-electron chi connectivity index (χ3n) is 2.80. The largest absolute Gasteiger partial charge is 0.337 e. The number of carbonyl (C=O) groups excluding carboxylic acids is 2. The van der Waals surface area contributed by atoms with Crippen LogP contribution in [0.2, 0.25) is 0 Å². The highest BCUT2D eigenvalue weighted by Gasteiger charge is 2.30. The Labute approximate surface area is 124 Å². The first-order valence-corrected chi connectivity index (χ1v) is 7.70. The minimum Gasteiger partial charge on any atom is -0.337 e. The Morgan fingerprint density at radius 3 is 2.72 bits per heavy atom. The van der Waals surface area contributed by atoms with Crippen molar-refractivity contribution in [3.8, 4) is 0 Å². The number of halogens is 1. The van der Waals surface area contributed by atoms with E-state index in [4.69, 9.17) is 0 Å². The highest BCUT2D eigenvalue weighted by molar-refractivity contribution is 14.1. The van der Waals surface area contributed by atoms with Gasteiger partial charge in [-0.25, -0.2) is 0 Å². The van der Waals surface area contributed by atoms with E-state index in [1.807, 2.05) is 29.2 Å². The van der Waals surface area contributed by atoms with Crippen LogP contribution in [0.15, 0.2) is 24.3 Å². The first-order valence-electron chi connectivity index (χ1n) is 5.74. The van der Waals surface area contributed by atoms with Crippen LogP contribution in [-0.4, -0.2) is 27.7 Å². The van der Waals surface area contributed by atoms with E-state index >= 15 is 0 Å². The zero-order valence-electron chi connectivity index (χ0n) is 10.1. The molecule has 1 aliphatic heterocycles. The lowest BCUT2D eigenvalue weighted by molar-refractivity contribution is -0.128. The summed E-state index contributed by atoms with van der Waals surface area (Å²) in [4.78, 5) is 24.7. The number of amides is 1. The molecule has 1 fully saturated rings. The lowest BCUT2D eigenvalue weighted by Crippen LogP contribution is -2.24. The molecule has 0 bridgehead atoms. The third kappa shape index (κ3) is 3.71. The van der Waals surface area contributed by atoms with Gasteiger partial charge in [0.2, 0.25) is 5.91 Å². The summed E-state index contributed by atoms with van der Waals surface area (Å²) < 4.78 is 1.19. The summed E-state index contributed by atoms with van der Waals surface area (Å²) in [5.41, 5.74) is 1.14. The summed E-state index contributed by atoms with van der Waals surface area (Å²) >= 11 is 3.54. The first kappa shape index (κ1) is 13.9. The van der Waals surface area contributed by atoms with Crippen molar-refractivity contribution < 1.29 is 9.59 Å². The molecule has 0 N–H and O–H groups in total. The van der Waals surface area contributed by atoms with Gasteiger partial charge in [0.25, 0.3) is 0 Å². The molecule has 1 heterocycles. The van der Waals surface area contributed by atoms with Crippen molar-refractivity contribution >= 4 is 45.4 Å². The highest BCUT2D eigenvalue weighted by atomic mass is 127. The van der Waals surface area contributed by atoms with Crippen LogP contribution in [0.25, 0.3) is 0 Å². The van der Waals surface area contributed by atoms with Crippen molar-refractivity contribution in [3.63, 3.8) is 0 Å². The molecule has 1 aromatic rings. The van der Waals surface area contributed by atoms with Crippen LogP contribution in [0, 0.1) is 3.57 Å². The van der Waals surface area contributed by atoms with E-state index in [0.29, 0.717) is 19.5 Å². The van der Waals surface area contributed by atoms with Crippen molar-refractivity contribution in [1.82, 2.24) is 4.90 Å². The van der Waals surface area contributed by atoms with E-state index in [9.17, 15) is 9.59 Å². The molecule has 1 aliphatic rings. The Morgan fingerprint density at radius 1 is 1.44 bits per heavy atom. The summed E-state index contributed by atoms with van der Waals surface area (Å²) in [6, 6.07) is 8.16. The van der Waals surface area contributed by atoms with E-state index in [1.54, 1.807) is 6.92 Å². The number of carbonyl (C=O) groups is 2. The minimum absolute atomic E-state index is 0.0870. The predicted octanol–water partition coefficient (Wildman–Crippen LogP) is 2.67. The van der Waals surface area contributed by atoms with Crippen molar-refractivity contribution in [3.05, 3.63) is 33.4 Å². The maximum absolute atomic E-state index is 11.8. The fourth-order valence-corrected chi connectivity index (χ4v) is 3.32. The Kier molecular flexibility index (Phi) is 4.66. The normalized spacial score (nSPS) is 19.3. The summed E-state index contributed by atoms with van der Waals surface area (Å²) in [6.45, 7) is 2.87. The second kappa shape index (κ2) is 6.06. The van der Waals surface area contributed by atoms with Crippen LogP contribution in [0.3, 0.4) is 0 Å². The Morgan fingerprint density at radius 2 is 2.11 bits per heavy atom. The molecule has 1 amide bonds. The average molecular weight is 375 g/mol. The van der Waals surface area contributed by atoms with E-state index in [1.165, 1.54) is 15.3 Å². The van der Waals surface area contributed by atoms with E-state index in [2.05, 4.69) is 22.6 Å². The van der Waals surface area contributed by atoms with Gasteiger partial charge in [-0.05, 0) is 40.3 Å². The number of hydrogen-bond donors (Lipinski definition) is 0. The van der Waals surface area contributed by atoms with Crippen LogP contribution in [0.4, 0.5) is 0 Å². The minimum atomic E-state index is 0.0870. The van der Waals surface area contributed by atoms with Crippen LogP contribution in [0.5, 0.6) is 0 Å². The number of likely N-dealkylation sites (tertiary alicyclic amines) is 1. The zero-order valence-corrected chi connectivity index (χ0v) is 13.0.